The van der Waals surface area contributed by atoms with Crippen molar-refractivity contribution in [1.82, 2.24) is 14.3 Å². The minimum Gasteiger partial charge on any atom is -0.481 e. The Morgan fingerprint density at radius 2 is 2.16 bits per heavy atom. The van der Waals surface area contributed by atoms with Crippen LogP contribution in [0.15, 0.2) is 17.6 Å². The van der Waals surface area contributed by atoms with Gasteiger partial charge in [0.15, 0.2) is 5.03 Å². The van der Waals surface area contributed by atoms with Crippen molar-refractivity contribution in [2.45, 2.75) is 42.7 Å². The topological polar surface area (TPSA) is 101 Å². The van der Waals surface area contributed by atoms with Gasteiger partial charge in [0, 0.05) is 18.8 Å². The number of aryl methyl sites for hydroxylation is 1. The summed E-state index contributed by atoms with van der Waals surface area (Å²) < 4.78 is 28.5. The molecule has 0 aliphatic heterocycles. The van der Waals surface area contributed by atoms with Gasteiger partial charge in [-0.2, -0.15) is 0 Å². The quantitative estimate of drug-likeness (QED) is 0.820. The molecule has 1 aromatic heterocycles. The fourth-order valence-electron chi connectivity index (χ4n) is 2.52. The van der Waals surface area contributed by atoms with Gasteiger partial charge in [-0.05, 0) is 12.8 Å². The molecular formula is C11H17N3O4S. The summed E-state index contributed by atoms with van der Waals surface area (Å²) in [5, 5.41) is 8.88. The summed E-state index contributed by atoms with van der Waals surface area (Å²) in [6.07, 6.45) is 5.35. The highest BCUT2D eigenvalue weighted by Crippen LogP contribution is 2.34. The number of imidazole rings is 1. The molecule has 106 valence electrons. The molecule has 0 atom stereocenters. The Morgan fingerprint density at radius 1 is 1.53 bits per heavy atom. The van der Waals surface area contributed by atoms with E-state index in [-0.39, 0.29) is 11.4 Å². The van der Waals surface area contributed by atoms with Crippen molar-refractivity contribution in [3.05, 3.63) is 12.5 Å². The van der Waals surface area contributed by atoms with Crippen molar-refractivity contribution < 1.29 is 18.3 Å². The number of rotatable bonds is 5. The van der Waals surface area contributed by atoms with Crippen molar-refractivity contribution in [3.8, 4) is 0 Å². The van der Waals surface area contributed by atoms with Crippen LogP contribution >= 0.6 is 0 Å². The zero-order chi connectivity index (χ0) is 14.1. The third-order valence-corrected chi connectivity index (χ3v) is 4.82. The van der Waals surface area contributed by atoms with Gasteiger partial charge in [0.05, 0.1) is 12.7 Å². The Morgan fingerprint density at radius 3 is 2.63 bits per heavy atom. The van der Waals surface area contributed by atoms with Crippen LogP contribution in [0, 0.1) is 0 Å². The van der Waals surface area contributed by atoms with Crippen LogP contribution in [0.1, 0.15) is 32.1 Å². The highest BCUT2D eigenvalue weighted by Gasteiger charge is 2.40. The lowest BCUT2D eigenvalue weighted by atomic mass is 9.95. The summed E-state index contributed by atoms with van der Waals surface area (Å²) in [6, 6.07) is 0. The van der Waals surface area contributed by atoms with E-state index in [0.29, 0.717) is 12.8 Å². The van der Waals surface area contributed by atoms with Crippen molar-refractivity contribution >= 4 is 16.0 Å². The van der Waals surface area contributed by atoms with Crippen molar-refractivity contribution in [3.63, 3.8) is 0 Å². The summed E-state index contributed by atoms with van der Waals surface area (Å²) >= 11 is 0. The first-order chi connectivity index (χ1) is 8.83. The molecule has 1 fully saturated rings. The van der Waals surface area contributed by atoms with Gasteiger partial charge in [-0.25, -0.2) is 18.1 Å². The highest BCUT2D eigenvalue weighted by molar-refractivity contribution is 7.89. The molecule has 1 aliphatic carbocycles. The fourth-order valence-corrected chi connectivity index (χ4v) is 3.96. The van der Waals surface area contributed by atoms with Gasteiger partial charge < -0.3 is 9.67 Å². The molecule has 0 bridgehead atoms. The van der Waals surface area contributed by atoms with Crippen LogP contribution in [0.5, 0.6) is 0 Å². The first-order valence-electron chi connectivity index (χ1n) is 6.07. The Bertz CT molecular complexity index is 573. The highest BCUT2D eigenvalue weighted by atomic mass is 32.2. The zero-order valence-electron chi connectivity index (χ0n) is 10.7. The average molecular weight is 287 g/mol. The molecule has 0 unspecified atom stereocenters. The molecule has 1 aromatic rings. The number of carbonyl (C=O) groups is 1. The van der Waals surface area contributed by atoms with Crippen LogP contribution < -0.4 is 4.72 Å². The smallest absolute Gasteiger partial charge is 0.305 e. The van der Waals surface area contributed by atoms with E-state index in [2.05, 4.69) is 9.71 Å². The predicted molar refractivity (Wildman–Crippen MR) is 67.0 cm³/mol. The van der Waals surface area contributed by atoms with Gasteiger partial charge >= 0.3 is 5.97 Å². The molecule has 0 aromatic carbocycles. The summed E-state index contributed by atoms with van der Waals surface area (Å²) in [4.78, 5) is 14.7. The van der Waals surface area contributed by atoms with Crippen molar-refractivity contribution in [2.75, 3.05) is 0 Å². The van der Waals surface area contributed by atoms with Gasteiger partial charge in [-0.1, -0.05) is 12.8 Å². The molecule has 2 rings (SSSR count). The number of nitrogens with zero attached hydrogens (tertiary/aromatic N) is 2. The summed E-state index contributed by atoms with van der Waals surface area (Å²) in [6.45, 7) is 0. The van der Waals surface area contributed by atoms with E-state index < -0.39 is 21.5 Å². The third-order valence-electron chi connectivity index (χ3n) is 3.36. The van der Waals surface area contributed by atoms with Crippen LogP contribution in [0.2, 0.25) is 0 Å². The second-order valence-corrected chi connectivity index (χ2v) is 6.67. The second-order valence-electron chi connectivity index (χ2n) is 5.04. The standard InChI is InChI=1S/C11H17N3O4S/c1-14-7-9(12-8-14)19(17,18)13-11(6-10(15)16)4-2-3-5-11/h7-8,13H,2-6H2,1H3,(H,15,16). The maximum absolute atomic E-state index is 12.2. The minimum atomic E-state index is -3.77. The monoisotopic (exact) mass is 287 g/mol. The minimum absolute atomic E-state index is 0.0772. The number of aromatic nitrogens is 2. The van der Waals surface area contributed by atoms with E-state index in [4.69, 9.17) is 5.11 Å². The second kappa shape index (κ2) is 4.93. The summed E-state index contributed by atoms with van der Waals surface area (Å²) in [5.74, 6) is -0.995. The van der Waals surface area contributed by atoms with Crippen molar-refractivity contribution in [2.24, 2.45) is 7.05 Å². The van der Waals surface area contributed by atoms with E-state index in [0.717, 1.165) is 12.8 Å². The first kappa shape index (κ1) is 14.0. The molecule has 8 heteroatoms. The molecule has 0 spiro atoms. The number of hydrogen-bond donors (Lipinski definition) is 2. The molecule has 19 heavy (non-hydrogen) atoms. The number of hydrogen-bond acceptors (Lipinski definition) is 4. The maximum atomic E-state index is 12.2. The number of carboxylic acids is 1. The normalized spacial score (nSPS) is 18.6. The zero-order valence-corrected chi connectivity index (χ0v) is 11.5. The molecule has 1 heterocycles. The van der Waals surface area contributed by atoms with Crippen molar-refractivity contribution in [1.29, 1.82) is 0 Å². The number of sulfonamides is 1. The largest absolute Gasteiger partial charge is 0.481 e. The van der Waals surface area contributed by atoms with Gasteiger partial charge in [0.2, 0.25) is 0 Å². The molecule has 0 radical (unpaired) electrons. The Balaban J connectivity index is 2.24. The average Bonchev–Trinajstić information content (AvgIpc) is 2.86. The van der Waals surface area contributed by atoms with Gasteiger partial charge in [-0.15, -0.1) is 0 Å². The number of aliphatic carboxylic acids is 1. The molecular weight excluding hydrogens is 270 g/mol. The van der Waals surface area contributed by atoms with Gasteiger partial charge in [0.1, 0.15) is 0 Å². The van der Waals surface area contributed by atoms with Crippen LogP contribution in [-0.4, -0.2) is 34.6 Å². The van der Waals surface area contributed by atoms with E-state index in [1.54, 1.807) is 7.05 Å². The van der Waals surface area contributed by atoms with Gasteiger partial charge in [-0.3, -0.25) is 4.79 Å². The Kier molecular flexibility index (Phi) is 3.64. The van der Waals surface area contributed by atoms with Crippen LogP contribution in [0.4, 0.5) is 0 Å². The number of carboxylic acid groups (broad SMARTS) is 1. The van der Waals surface area contributed by atoms with Gasteiger partial charge in [0.25, 0.3) is 10.0 Å². The molecule has 1 aliphatic rings. The Hall–Kier alpha value is -1.41. The summed E-state index contributed by atoms with van der Waals surface area (Å²) in [7, 11) is -2.10. The van der Waals surface area contributed by atoms with Crippen LogP contribution in [0.3, 0.4) is 0 Å². The summed E-state index contributed by atoms with van der Waals surface area (Å²) in [5.41, 5.74) is -0.873. The van der Waals surface area contributed by atoms with Crippen LogP contribution in [-0.2, 0) is 21.9 Å². The first-order valence-corrected chi connectivity index (χ1v) is 7.55. The lowest BCUT2D eigenvalue weighted by Crippen LogP contribution is -2.47. The molecule has 0 amide bonds. The predicted octanol–water partition coefficient (Wildman–Crippen LogP) is 0.486. The molecule has 0 saturated heterocycles. The molecule has 2 N–H and O–H groups in total. The lowest BCUT2D eigenvalue weighted by molar-refractivity contribution is -0.138. The molecule has 1 saturated carbocycles. The van der Waals surface area contributed by atoms with E-state index in [9.17, 15) is 13.2 Å². The number of nitrogens with one attached hydrogen (secondary N) is 1. The maximum Gasteiger partial charge on any atom is 0.305 e. The van der Waals surface area contributed by atoms with E-state index >= 15 is 0 Å². The molecule has 7 nitrogen and oxygen atoms in total. The Labute approximate surface area is 111 Å². The lowest BCUT2D eigenvalue weighted by Gasteiger charge is -2.27. The van der Waals surface area contributed by atoms with E-state index in [1.165, 1.54) is 17.1 Å². The fraction of sp³-hybridized carbons (Fsp3) is 0.636. The SMILES string of the molecule is Cn1cnc(S(=O)(=O)NC2(CC(=O)O)CCCC2)c1. The van der Waals surface area contributed by atoms with E-state index in [1.807, 2.05) is 0 Å². The third kappa shape index (κ3) is 3.13. The van der Waals surface area contributed by atoms with Crippen LogP contribution in [0.25, 0.3) is 0 Å².